The van der Waals surface area contributed by atoms with Gasteiger partial charge in [-0.3, -0.25) is 4.79 Å². The lowest BCUT2D eigenvalue weighted by molar-refractivity contribution is -0.112. The zero-order valence-electron chi connectivity index (χ0n) is 6.75. The molecule has 0 N–H and O–H groups in total. The van der Waals surface area contributed by atoms with Crippen molar-refractivity contribution in [2.75, 3.05) is 0 Å². The van der Waals surface area contributed by atoms with Gasteiger partial charge in [-0.15, -0.1) is 0 Å². The van der Waals surface area contributed by atoms with Gasteiger partial charge in [-0.25, -0.2) is 0 Å². The predicted octanol–water partition coefficient (Wildman–Crippen LogP) is 3.01. The largest absolute Gasteiger partial charge is 0.295 e. The van der Waals surface area contributed by atoms with Gasteiger partial charge in [0.05, 0.1) is 0 Å². The average molecular weight is 225 g/mol. The molecule has 1 rings (SSSR count). The van der Waals surface area contributed by atoms with Crippen molar-refractivity contribution in [2.45, 2.75) is 6.92 Å². The molecular formula is C10H9BrO. The molecule has 0 aliphatic rings. The van der Waals surface area contributed by atoms with Crippen LogP contribution in [-0.2, 0) is 4.79 Å². The van der Waals surface area contributed by atoms with E-state index in [4.69, 9.17) is 0 Å². The van der Waals surface area contributed by atoms with E-state index in [1.807, 2.05) is 30.3 Å². The molecule has 0 atom stereocenters. The number of ketones is 1. The van der Waals surface area contributed by atoms with Gasteiger partial charge >= 0.3 is 0 Å². The molecule has 0 bridgehead atoms. The zero-order chi connectivity index (χ0) is 8.97. The van der Waals surface area contributed by atoms with Crippen LogP contribution in [0.15, 0.2) is 36.4 Å². The molecular weight excluding hydrogens is 216 g/mol. The smallest absolute Gasteiger partial charge is 0.153 e. The van der Waals surface area contributed by atoms with Gasteiger partial charge in [0.25, 0.3) is 0 Å². The number of hydrogen-bond acceptors (Lipinski definition) is 1. The van der Waals surface area contributed by atoms with Gasteiger partial charge in [-0.2, -0.15) is 0 Å². The number of allylic oxidation sites excluding steroid dienone is 1. The molecule has 1 nitrogen and oxygen atoms in total. The summed E-state index contributed by atoms with van der Waals surface area (Å²) in [6.45, 7) is 1.53. The Morgan fingerprint density at radius 1 is 1.33 bits per heavy atom. The number of benzene rings is 1. The summed E-state index contributed by atoms with van der Waals surface area (Å²) in [7, 11) is 0. The van der Waals surface area contributed by atoms with Crippen LogP contribution in [0.4, 0.5) is 0 Å². The highest BCUT2D eigenvalue weighted by Crippen LogP contribution is 2.19. The number of halogens is 1. The molecule has 0 aliphatic carbocycles. The van der Waals surface area contributed by atoms with Crippen molar-refractivity contribution in [2.24, 2.45) is 0 Å². The predicted molar refractivity (Wildman–Crippen MR) is 54.0 cm³/mol. The molecule has 0 amide bonds. The van der Waals surface area contributed by atoms with Gasteiger partial charge in [0.1, 0.15) is 0 Å². The Balaban J connectivity index is 2.93. The van der Waals surface area contributed by atoms with E-state index in [9.17, 15) is 4.79 Å². The van der Waals surface area contributed by atoms with Crippen molar-refractivity contribution < 1.29 is 4.79 Å². The Morgan fingerprint density at radius 3 is 2.42 bits per heavy atom. The van der Waals surface area contributed by atoms with Crippen LogP contribution in [0.25, 0.3) is 4.48 Å². The fraction of sp³-hybridized carbons (Fsp3) is 0.100. The van der Waals surface area contributed by atoms with Gasteiger partial charge in [-0.1, -0.05) is 46.3 Å². The SMILES string of the molecule is CC(=O)C=C(Br)c1ccccc1. The number of rotatable bonds is 2. The van der Waals surface area contributed by atoms with Crippen LogP contribution in [0.1, 0.15) is 12.5 Å². The second kappa shape index (κ2) is 4.21. The van der Waals surface area contributed by atoms with Gasteiger partial charge in [0.2, 0.25) is 0 Å². The molecule has 0 aromatic heterocycles. The molecule has 1 aromatic rings. The van der Waals surface area contributed by atoms with E-state index < -0.39 is 0 Å². The highest BCUT2D eigenvalue weighted by Gasteiger charge is 1.96. The maximum absolute atomic E-state index is 10.7. The van der Waals surface area contributed by atoms with Crippen molar-refractivity contribution in [3.8, 4) is 0 Å². The first-order valence-corrected chi connectivity index (χ1v) is 4.42. The maximum Gasteiger partial charge on any atom is 0.153 e. The van der Waals surface area contributed by atoms with Gasteiger partial charge in [0, 0.05) is 4.48 Å². The molecule has 0 spiro atoms. The molecule has 1 aromatic carbocycles. The van der Waals surface area contributed by atoms with E-state index >= 15 is 0 Å². The van der Waals surface area contributed by atoms with E-state index in [1.165, 1.54) is 6.92 Å². The molecule has 0 saturated carbocycles. The lowest BCUT2D eigenvalue weighted by Crippen LogP contribution is -1.83. The second-order valence-corrected chi connectivity index (χ2v) is 3.32. The van der Waals surface area contributed by atoms with Crippen LogP contribution in [0.3, 0.4) is 0 Å². The molecule has 0 saturated heterocycles. The Hall–Kier alpha value is -0.890. The van der Waals surface area contributed by atoms with E-state index in [0.29, 0.717) is 0 Å². The van der Waals surface area contributed by atoms with Crippen LogP contribution in [0, 0.1) is 0 Å². The minimum Gasteiger partial charge on any atom is -0.295 e. The first-order chi connectivity index (χ1) is 5.70. The first-order valence-electron chi connectivity index (χ1n) is 3.63. The summed E-state index contributed by atoms with van der Waals surface area (Å²) < 4.78 is 0.829. The molecule has 0 heterocycles. The number of carbonyl (C=O) groups excluding carboxylic acids is 1. The Morgan fingerprint density at radius 2 is 1.92 bits per heavy atom. The highest BCUT2D eigenvalue weighted by molar-refractivity contribution is 9.15. The topological polar surface area (TPSA) is 17.1 Å². The normalized spacial score (nSPS) is 11.3. The summed E-state index contributed by atoms with van der Waals surface area (Å²) in [4.78, 5) is 10.7. The van der Waals surface area contributed by atoms with Crippen LogP contribution in [-0.4, -0.2) is 5.78 Å². The van der Waals surface area contributed by atoms with E-state index in [2.05, 4.69) is 15.9 Å². The van der Waals surface area contributed by atoms with Gasteiger partial charge in [0.15, 0.2) is 5.78 Å². The minimum atomic E-state index is 0.0470. The van der Waals surface area contributed by atoms with Crippen molar-refractivity contribution in [3.05, 3.63) is 42.0 Å². The lowest BCUT2D eigenvalue weighted by atomic mass is 10.2. The fourth-order valence-electron chi connectivity index (χ4n) is 0.859. The average Bonchev–Trinajstić information content (AvgIpc) is 2.05. The quantitative estimate of drug-likeness (QED) is 0.707. The van der Waals surface area contributed by atoms with E-state index in [-0.39, 0.29) is 5.78 Å². The molecule has 0 aliphatic heterocycles. The standard InChI is InChI=1S/C10H9BrO/c1-8(12)7-10(11)9-5-3-2-4-6-9/h2-7H,1H3. The van der Waals surface area contributed by atoms with Crippen molar-refractivity contribution in [1.29, 1.82) is 0 Å². The first kappa shape index (κ1) is 9.20. The summed E-state index contributed by atoms with van der Waals surface area (Å²) in [5.74, 6) is 0.0470. The van der Waals surface area contributed by atoms with E-state index in [1.54, 1.807) is 6.08 Å². The summed E-state index contributed by atoms with van der Waals surface area (Å²) >= 11 is 3.33. The lowest BCUT2D eigenvalue weighted by Gasteiger charge is -1.96. The van der Waals surface area contributed by atoms with Gasteiger partial charge in [-0.05, 0) is 18.6 Å². The van der Waals surface area contributed by atoms with Crippen LogP contribution < -0.4 is 0 Å². The summed E-state index contributed by atoms with van der Waals surface area (Å²) in [5, 5.41) is 0. The summed E-state index contributed by atoms with van der Waals surface area (Å²) in [6, 6.07) is 9.71. The number of carbonyl (C=O) groups is 1. The third kappa shape index (κ3) is 2.62. The monoisotopic (exact) mass is 224 g/mol. The summed E-state index contributed by atoms with van der Waals surface area (Å²) in [5.41, 5.74) is 1.02. The molecule has 0 fully saturated rings. The Labute approximate surface area is 80.2 Å². The van der Waals surface area contributed by atoms with Crippen LogP contribution >= 0.6 is 15.9 Å². The van der Waals surface area contributed by atoms with Gasteiger partial charge < -0.3 is 0 Å². The van der Waals surface area contributed by atoms with Crippen LogP contribution in [0.5, 0.6) is 0 Å². The molecule has 62 valence electrons. The number of hydrogen-bond donors (Lipinski definition) is 0. The van der Waals surface area contributed by atoms with Crippen molar-refractivity contribution in [1.82, 2.24) is 0 Å². The molecule has 12 heavy (non-hydrogen) atoms. The fourth-order valence-corrected chi connectivity index (χ4v) is 1.45. The molecule has 0 radical (unpaired) electrons. The highest BCUT2D eigenvalue weighted by atomic mass is 79.9. The minimum absolute atomic E-state index is 0.0470. The van der Waals surface area contributed by atoms with E-state index in [0.717, 1.165) is 10.0 Å². The van der Waals surface area contributed by atoms with Crippen LogP contribution in [0.2, 0.25) is 0 Å². The zero-order valence-corrected chi connectivity index (χ0v) is 8.34. The van der Waals surface area contributed by atoms with Crippen molar-refractivity contribution in [3.63, 3.8) is 0 Å². The molecule has 0 unspecified atom stereocenters. The second-order valence-electron chi connectivity index (χ2n) is 2.47. The Bertz CT molecular complexity index is 301. The third-order valence-corrected chi connectivity index (χ3v) is 2.07. The Kier molecular flexibility index (Phi) is 3.23. The maximum atomic E-state index is 10.7. The van der Waals surface area contributed by atoms with Crippen molar-refractivity contribution >= 4 is 26.2 Å². The summed E-state index contributed by atoms with van der Waals surface area (Å²) in [6.07, 6.45) is 1.56. The third-order valence-electron chi connectivity index (χ3n) is 1.38. The molecule has 2 heteroatoms.